The van der Waals surface area contributed by atoms with Crippen molar-refractivity contribution in [1.82, 2.24) is 8.96 Å². The number of imidazole rings is 1. The van der Waals surface area contributed by atoms with E-state index in [4.69, 9.17) is 4.74 Å². The summed E-state index contributed by atoms with van der Waals surface area (Å²) in [6.07, 6.45) is 3.84. The van der Waals surface area contributed by atoms with E-state index in [0.29, 0.717) is 18.0 Å². The molecule has 0 bridgehead atoms. The largest absolute Gasteiger partial charge is 0.492 e. The van der Waals surface area contributed by atoms with Gasteiger partial charge in [-0.2, -0.15) is 0 Å². The fourth-order valence-corrected chi connectivity index (χ4v) is 4.18. The molecule has 3 rings (SSSR count). The number of ether oxygens (including phenoxy) is 1. The summed E-state index contributed by atoms with van der Waals surface area (Å²) >= 11 is 3.47. The molecule has 0 aliphatic rings. The molecule has 130 valence electrons. The molecule has 5 nitrogen and oxygen atoms in total. The van der Waals surface area contributed by atoms with E-state index in [1.165, 1.54) is 16.4 Å². The zero-order valence-corrected chi connectivity index (χ0v) is 16.0. The molecule has 25 heavy (non-hydrogen) atoms. The van der Waals surface area contributed by atoms with E-state index in [0.717, 1.165) is 16.6 Å². The Labute approximate surface area is 155 Å². The molecule has 0 aliphatic carbocycles. The van der Waals surface area contributed by atoms with Crippen molar-refractivity contribution in [3.05, 3.63) is 65.4 Å². The van der Waals surface area contributed by atoms with Gasteiger partial charge in [0.25, 0.3) is 10.0 Å². The summed E-state index contributed by atoms with van der Waals surface area (Å²) in [6, 6.07) is 13.7. The first-order valence-corrected chi connectivity index (χ1v) is 10.0. The second kappa shape index (κ2) is 7.41. The van der Waals surface area contributed by atoms with E-state index in [-0.39, 0.29) is 4.90 Å². The van der Waals surface area contributed by atoms with Gasteiger partial charge < -0.3 is 4.74 Å². The van der Waals surface area contributed by atoms with Gasteiger partial charge in [0.15, 0.2) is 5.82 Å². The number of hydrogen-bond donors (Lipinski definition) is 0. The molecule has 0 amide bonds. The van der Waals surface area contributed by atoms with Crippen LogP contribution in [0.25, 0.3) is 11.4 Å². The van der Waals surface area contributed by atoms with E-state index in [2.05, 4.69) is 20.9 Å². The minimum atomic E-state index is -3.70. The summed E-state index contributed by atoms with van der Waals surface area (Å²) in [7, 11) is -3.70. The van der Waals surface area contributed by atoms with Crippen molar-refractivity contribution in [2.75, 3.05) is 6.61 Å². The Morgan fingerprint density at radius 1 is 1.16 bits per heavy atom. The molecule has 2 aromatic carbocycles. The van der Waals surface area contributed by atoms with Gasteiger partial charge in [-0.25, -0.2) is 17.4 Å². The van der Waals surface area contributed by atoms with E-state index < -0.39 is 10.0 Å². The van der Waals surface area contributed by atoms with Crippen molar-refractivity contribution < 1.29 is 13.2 Å². The van der Waals surface area contributed by atoms with Gasteiger partial charge in [0.2, 0.25) is 0 Å². The van der Waals surface area contributed by atoms with E-state index >= 15 is 0 Å². The van der Waals surface area contributed by atoms with Crippen molar-refractivity contribution in [1.29, 1.82) is 0 Å². The number of rotatable bonds is 6. The lowest BCUT2D eigenvalue weighted by Gasteiger charge is -2.11. The summed E-state index contributed by atoms with van der Waals surface area (Å²) < 4.78 is 33.3. The number of benzene rings is 2. The van der Waals surface area contributed by atoms with Gasteiger partial charge in [0.1, 0.15) is 5.75 Å². The van der Waals surface area contributed by atoms with Crippen molar-refractivity contribution in [2.45, 2.75) is 18.2 Å². The monoisotopic (exact) mass is 420 g/mol. The normalized spacial score (nSPS) is 11.4. The quantitative estimate of drug-likeness (QED) is 0.594. The molecule has 3 aromatic rings. The molecule has 0 fully saturated rings. The summed E-state index contributed by atoms with van der Waals surface area (Å²) in [5.74, 6) is 1.07. The molecule has 0 N–H and O–H groups in total. The third-order valence-corrected chi connectivity index (χ3v) is 5.86. The Hall–Kier alpha value is -2.12. The highest BCUT2D eigenvalue weighted by molar-refractivity contribution is 9.10. The van der Waals surface area contributed by atoms with Crippen LogP contribution in [-0.2, 0) is 10.0 Å². The number of hydrogen-bond acceptors (Lipinski definition) is 4. The fourth-order valence-electron chi connectivity index (χ4n) is 2.36. The zero-order chi connectivity index (χ0) is 17.9. The van der Waals surface area contributed by atoms with Crippen LogP contribution in [0.1, 0.15) is 13.3 Å². The minimum Gasteiger partial charge on any atom is -0.492 e. The Morgan fingerprint density at radius 3 is 2.60 bits per heavy atom. The topological polar surface area (TPSA) is 61.2 Å². The third kappa shape index (κ3) is 3.62. The lowest BCUT2D eigenvalue weighted by Crippen LogP contribution is -2.13. The highest BCUT2D eigenvalue weighted by Gasteiger charge is 2.21. The maximum atomic E-state index is 12.9. The van der Waals surface area contributed by atoms with Gasteiger partial charge in [-0.3, -0.25) is 0 Å². The Balaban J connectivity index is 2.01. The number of halogens is 1. The predicted octanol–water partition coefficient (Wildman–Crippen LogP) is 4.34. The van der Waals surface area contributed by atoms with Crippen molar-refractivity contribution in [3.63, 3.8) is 0 Å². The first-order chi connectivity index (χ1) is 12.0. The molecule has 0 saturated heterocycles. The van der Waals surface area contributed by atoms with Crippen LogP contribution in [0, 0.1) is 0 Å². The van der Waals surface area contributed by atoms with Crippen LogP contribution in [0.3, 0.4) is 0 Å². The van der Waals surface area contributed by atoms with Crippen LogP contribution in [0.5, 0.6) is 5.75 Å². The van der Waals surface area contributed by atoms with Crippen LogP contribution in [-0.4, -0.2) is 24.0 Å². The SMILES string of the molecule is CCCOc1ccc(-c2nccn2S(=O)(=O)c2ccccc2)cc1Br. The van der Waals surface area contributed by atoms with E-state index in [1.54, 1.807) is 36.4 Å². The second-order valence-corrected chi connectivity index (χ2v) is 8.03. The summed E-state index contributed by atoms with van der Waals surface area (Å²) in [4.78, 5) is 4.45. The fraction of sp³-hybridized carbons (Fsp3) is 0.167. The highest BCUT2D eigenvalue weighted by Crippen LogP contribution is 2.31. The van der Waals surface area contributed by atoms with Crippen molar-refractivity contribution in [3.8, 4) is 17.1 Å². The Kier molecular flexibility index (Phi) is 5.24. The number of nitrogens with zero attached hydrogens (tertiary/aromatic N) is 2. The lowest BCUT2D eigenvalue weighted by molar-refractivity contribution is 0.315. The van der Waals surface area contributed by atoms with E-state index in [1.807, 2.05) is 19.1 Å². The molecule has 7 heteroatoms. The van der Waals surface area contributed by atoms with Crippen LogP contribution >= 0.6 is 15.9 Å². The van der Waals surface area contributed by atoms with Crippen LogP contribution in [0.4, 0.5) is 0 Å². The molecule has 0 saturated carbocycles. The molecule has 0 radical (unpaired) electrons. The third-order valence-electron chi connectivity index (χ3n) is 3.56. The first kappa shape index (κ1) is 17.7. The zero-order valence-electron chi connectivity index (χ0n) is 13.6. The van der Waals surface area contributed by atoms with Crippen molar-refractivity contribution in [2.24, 2.45) is 0 Å². The molecular formula is C18H17BrN2O3S. The van der Waals surface area contributed by atoms with Gasteiger partial charge in [-0.1, -0.05) is 25.1 Å². The Morgan fingerprint density at radius 2 is 1.92 bits per heavy atom. The van der Waals surface area contributed by atoms with Crippen molar-refractivity contribution >= 4 is 26.0 Å². The molecular weight excluding hydrogens is 404 g/mol. The van der Waals surface area contributed by atoms with Crippen LogP contribution in [0.15, 0.2) is 70.3 Å². The number of aromatic nitrogens is 2. The van der Waals surface area contributed by atoms with Crippen LogP contribution < -0.4 is 4.74 Å². The lowest BCUT2D eigenvalue weighted by atomic mass is 10.2. The molecule has 1 aromatic heterocycles. The smallest absolute Gasteiger partial charge is 0.269 e. The predicted molar refractivity (Wildman–Crippen MR) is 100 cm³/mol. The minimum absolute atomic E-state index is 0.219. The molecule has 0 atom stereocenters. The summed E-state index contributed by atoms with van der Waals surface area (Å²) in [5, 5.41) is 0. The molecule has 0 spiro atoms. The average molecular weight is 421 g/mol. The molecule has 0 aliphatic heterocycles. The average Bonchev–Trinajstić information content (AvgIpc) is 3.12. The molecule has 0 unspecified atom stereocenters. The summed E-state index contributed by atoms with van der Waals surface area (Å²) in [5.41, 5.74) is 0.681. The summed E-state index contributed by atoms with van der Waals surface area (Å²) in [6.45, 7) is 2.66. The van der Waals surface area contributed by atoms with Gasteiger partial charge in [-0.05, 0) is 52.7 Å². The van der Waals surface area contributed by atoms with Gasteiger partial charge in [0.05, 0.1) is 16.0 Å². The highest BCUT2D eigenvalue weighted by atomic mass is 79.9. The van der Waals surface area contributed by atoms with E-state index in [9.17, 15) is 8.42 Å². The van der Waals surface area contributed by atoms with Gasteiger partial charge in [-0.15, -0.1) is 0 Å². The first-order valence-electron chi connectivity index (χ1n) is 7.80. The standard InChI is InChI=1S/C18H17BrN2O3S/c1-2-12-24-17-9-8-14(13-16(17)19)18-20-10-11-21(18)25(22,23)15-6-4-3-5-7-15/h3-11,13H,2,12H2,1H3. The van der Waals surface area contributed by atoms with Gasteiger partial charge >= 0.3 is 0 Å². The maximum Gasteiger partial charge on any atom is 0.269 e. The second-order valence-electron chi connectivity index (χ2n) is 5.36. The van der Waals surface area contributed by atoms with Crippen LogP contribution in [0.2, 0.25) is 0 Å². The van der Waals surface area contributed by atoms with Gasteiger partial charge in [0, 0.05) is 18.0 Å². The maximum absolute atomic E-state index is 12.9. The molecule has 1 heterocycles. The Bertz CT molecular complexity index is 969.